The molecule has 16 heavy (non-hydrogen) atoms. The minimum Gasteiger partial charge on any atom is -0.307 e. The van der Waals surface area contributed by atoms with Crippen LogP contribution in [-0.4, -0.2) is 19.2 Å². The zero-order chi connectivity index (χ0) is 11.3. The van der Waals surface area contributed by atoms with Crippen LogP contribution in [0, 0.1) is 6.92 Å². The molecule has 5 nitrogen and oxygen atoms in total. The third-order valence-electron chi connectivity index (χ3n) is 2.80. The van der Waals surface area contributed by atoms with Crippen LogP contribution >= 0.6 is 0 Å². The first-order valence-electron chi connectivity index (χ1n) is 4.99. The fourth-order valence-electron chi connectivity index (χ4n) is 1.99. The number of aromatic nitrogens is 4. The summed E-state index contributed by atoms with van der Waals surface area (Å²) in [5.41, 5.74) is 2.07. The molecule has 0 bridgehead atoms. The number of hydrogen-bond donors (Lipinski definition) is 0. The molecule has 0 atom stereocenters. The van der Waals surface area contributed by atoms with Crippen LogP contribution in [0.2, 0.25) is 0 Å². The summed E-state index contributed by atoms with van der Waals surface area (Å²) in [6, 6.07) is 7.72. The van der Waals surface area contributed by atoms with Crippen molar-refractivity contribution >= 4 is 16.7 Å². The lowest BCUT2D eigenvalue weighted by atomic mass is 10.3. The highest BCUT2D eigenvalue weighted by Crippen LogP contribution is 2.13. The monoisotopic (exact) mass is 214 g/mol. The first-order valence-corrected chi connectivity index (χ1v) is 4.99. The minimum absolute atomic E-state index is 0.126. The average molecular weight is 214 g/mol. The van der Waals surface area contributed by atoms with Crippen molar-refractivity contribution in [3.05, 3.63) is 40.4 Å². The van der Waals surface area contributed by atoms with Crippen LogP contribution < -0.4 is 5.56 Å². The summed E-state index contributed by atoms with van der Waals surface area (Å²) < 4.78 is 3.39. The number of fused-ring (bicyclic) bond motifs is 3. The molecule has 2 aromatic heterocycles. The minimum atomic E-state index is -0.126. The van der Waals surface area contributed by atoms with E-state index in [2.05, 4.69) is 10.2 Å². The van der Waals surface area contributed by atoms with Crippen LogP contribution in [0.3, 0.4) is 0 Å². The van der Waals surface area contributed by atoms with Crippen LogP contribution in [0.5, 0.6) is 0 Å². The molecule has 0 saturated heterocycles. The highest BCUT2D eigenvalue weighted by atomic mass is 16.1. The molecule has 0 radical (unpaired) electrons. The van der Waals surface area contributed by atoms with E-state index in [1.807, 2.05) is 31.2 Å². The Morgan fingerprint density at radius 1 is 1.12 bits per heavy atom. The van der Waals surface area contributed by atoms with E-state index in [0.717, 1.165) is 16.9 Å². The molecule has 3 rings (SSSR count). The summed E-state index contributed by atoms with van der Waals surface area (Å²) in [5, 5.41) is 7.86. The third kappa shape index (κ3) is 0.970. The number of hydrogen-bond acceptors (Lipinski definition) is 3. The Hall–Kier alpha value is -2.17. The molecule has 0 amide bonds. The smallest absolute Gasteiger partial charge is 0.296 e. The molecule has 0 N–H and O–H groups in total. The number of benzene rings is 1. The van der Waals surface area contributed by atoms with Crippen LogP contribution in [0.1, 0.15) is 5.82 Å². The highest BCUT2D eigenvalue weighted by molar-refractivity contribution is 5.78. The van der Waals surface area contributed by atoms with E-state index in [0.29, 0.717) is 5.65 Å². The second-order valence-electron chi connectivity index (χ2n) is 3.76. The molecule has 0 unspecified atom stereocenters. The van der Waals surface area contributed by atoms with Gasteiger partial charge in [-0.25, -0.2) is 0 Å². The van der Waals surface area contributed by atoms with Gasteiger partial charge in [0.15, 0.2) is 0 Å². The van der Waals surface area contributed by atoms with Crippen molar-refractivity contribution in [1.82, 2.24) is 19.2 Å². The van der Waals surface area contributed by atoms with E-state index in [1.165, 1.54) is 0 Å². The topological polar surface area (TPSA) is 52.2 Å². The van der Waals surface area contributed by atoms with Crippen LogP contribution in [0.25, 0.3) is 16.7 Å². The van der Waals surface area contributed by atoms with Crippen LogP contribution in [-0.2, 0) is 7.05 Å². The quantitative estimate of drug-likeness (QED) is 0.558. The van der Waals surface area contributed by atoms with Crippen molar-refractivity contribution in [2.24, 2.45) is 7.05 Å². The summed E-state index contributed by atoms with van der Waals surface area (Å²) in [5.74, 6) is 0.726. The van der Waals surface area contributed by atoms with E-state index in [9.17, 15) is 4.79 Å². The molecular formula is C11H10N4O. The van der Waals surface area contributed by atoms with E-state index in [4.69, 9.17) is 0 Å². The molecule has 0 aliphatic carbocycles. The second-order valence-corrected chi connectivity index (χ2v) is 3.76. The lowest BCUT2D eigenvalue weighted by molar-refractivity contribution is 0.892. The molecule has 0 spiro atoms. The Labute approximate surface area is 91.0 Å². The van der Waals surface area contributed by atoms with Gasteiger partial charge < -0.3 is 4.57 Å². The van der Waals surface area contributed by atoms with E-state index < -0.39 is 0 Å². The molecule has 2 heterocycles. The summed E-state index contributed by atoms with van der Waals surface area (Å²) in [4.78, 5) is 12.0. The molecule has 0 saturated carbocycles. The largest absolute Gasteiger partial charge is 0.307 e. The van der Waals surface area contributed by atoms with Gasteiger partial charge >= 0.3 is 0 Å². The number of rotatable bonds is 0. The molecule has 0 aliphatic rings. The Morgan fingerprint density at radius 3 is 2.56 bits per heavy atom. The number of aryl methyl sites for hydroxylation is 2. The Kier molecular flexibility index (Phi) is 1.65. The highest BCUT2D eigenvalue weighted by Gasteiger charge is 2.11. The zero-order valence-electron chi connectivity index (χ0n) is 9.01. The van der Waals surface area contributed by atoms with Crippen molar-refractivity contribution < 1.29 is 0 Å². The van der Waals surface area contributed by atoms with Gasteiger partial charge in [0.05, 0.1) is 11.0 Å². The maximum atomic E-state index is 12.0. The second kappa shape index (κ2) is 2.91. The molecular weight excluding hydrogens is 204 g/mol. The molecule has 0 fully saturated rings. The molecule has 80 valence electrons. The molecule has 3 aromatic rings. The SMILES string of the molecule is Cc1nnc2c(=O)n(C)c3ccccc3n12. The first-order chi connectivity index (χ1) is 7.70. The van der Waals surface area contributed by atoms with Gasteiger partial charge in [-0.05, 0) is 19.1 Å². The summed E-state index contributed by atoms with van der Waals surface area (Å²) in [6.07, 6.45) is 0. The van der Waals surface area contributed by atoms with Gasteiger partial charge in [0.25, 0.3) is 5.56 Å². The van der Waals surface area contributed by atoms with Crippen molar-refractivity contribution in [2.45, 2.75) is 6.92 Å². The fraction of sp³-hybridized carbons (Fsp3) is 0.182. The van der Waals surface area contributed by atoms with Gasteiger partial charge in [0.2, 0.25) is 5.65 Å². The lowest BCUT2D eigenvalue weighted by Gasteiger charge is -2.06. The van der Waals surface area contributed by atoms with Gasteiger partial charge in [0.1, 0.15) is 5.82 Å². The van der Waals surface area contributed by atoms with E-state index in [-0.39, 0.29) is 5.56 Å². The van der Waals surface area contributed by atoms with Crippen molar-refractivity contribution in [3.8, 4) is 0 Å². The van der Waals surface area contributed by atoms with Crippen LogP contribution in [0.4, 0.5) is 0 Å². The summed E-state index contributed by atoms with van der Waals surface area (Å²) >= 11 is 0. The maximum Gasteiger partial charge on any atom is 0.296 e. The average Bonchev–Trinajstić information content (AvgIpc) is 2.69. The maximum absolute atomic E-state index is 12.0. The zero-order valence-corrected chi connectivity index (χ0v) is 9.01. The normalized spacial score (nSPS) is 11.4. The Bertz CT molecular complexity index is 754. The number of nitrogens with zero attached hydrogens (tertiary/aromatic N) is 4. The van der Waals surface area contributed by atoms with Crippen molar-refractivity contribution in [3.63, 3.8) is 0 Å². The fourth-order valence-corrected chi connectivity index (χ4v) is 1.99. The summed E-state index contributed by atoms with van der Waals surface area (Å²) in [6.45, 7) is 1.84. The number of para-hydroxylation sites is 2. The van der Waals surface area contributed by atoms with Gasteiger partial charge in [-0.15, -0.1) is 10.2 Å². The third-order valence-corrected chi connectivity index (χ3v) is 2.80. The standard InChI is InChI=1S/C11H10N4O/c1-7-12-13-10-11(16)14(2)8-5-3-4-6-9(8)15(7)10/h3-6H,1-2H3. The first kappa shape index (κ1) is 9.08. The molecule has 1 aromatic carbocycles. The predicted octanol–water partition coefficient (Wildman–Crippen LogP) is 0.890. The van der Waals surface area contributed by atoms with Crippen molar-refractivity contribution in [1.29, 1.82) is 0 Å². The Morgan fingerprint density at radius 2 is 1.81 bits per heavy atom. The lowest BCUT2D eigenvalue weighted by Crippen LogP contribution is -2.20. The predicted molar refractivity (Wildman–Crippen MR) is 60.5 cm³/mol. The van der Waals surface area contributed by atoms with Gasteiger partial charge in [-0.2, -0.15) is 0 Å². The molecule has 5 heteroatoms. The van der Waals surface area contributed by atoms with E-state index >= 15 is 0 Å². The van der Waals surface area contributed by atoms with Crippen molar-refractivity contribution in [2.75, 3.05) is 0 Å². The molecule has 0 aliphatic heterocycles. The van der Waals surface area contributed by atoms with Crippen LogP contribution in [0.15, 0.2) is 29.1 Å². The summed E-state index contributed by atoms with van der Waals surface area (Å²) in [7, 11) is 1.74. The van der Waals surface area contributed by atoms with Gasteiger partial charge in [-0.3, -0.25) is 9.20 Å². The van der Waals surface area contributed by atoms with Gasteiger partial charge in [0, 0.05) is 7.05 Å². The van der Waals surface area contributed by atoms with E-state index in [1.54, 1.807) is 16.0 Å². The van der Waals surface area contributed by atoms with Gasteiger partial charge in [-0.1, -0.05) is 12.1 Å². The Balaban J connectivity index is 2.77.